The van der Waals surface area contributed by atoms with E-state index in [2.05, 4.69) is 28.1 Å². The predicted molar refractivity (Wildman–Crippen MR) is 127 cm³/mol. The molecule has 190 valence electrons. The number of rotatable bonds is 24. The van der Waals surface area contributed by atoms with Crippen molar-refractivity contribution in [2.45, 2.75) is 90.1 Å². The van der Waals surface area contributed by atoms with Gasteiger partial charge in [0.15, 0.2) is 0 Å². The van der Waals surface area contributed by atoms with Gasteiger partial charge in [0.1, 0.15) is 12.6 Å². The number of methoxy groups -OCH3 is 1. The molecule has 0 aromatic heterocycles. The fourth-order valence-corrected chi connectivity index (χ4v) is 3.22. The van der Waals surface area contributed by atoms with E-state index in [4.69, 9.17) is 18.9 Å². The summed E-state index contributed by atoms with van der Waals surface area (Å²) in [5.74, 6) is 0. The molecule has 0 saturated carbocycles. The Bertz CT molecular complexity index is 340. The third kappa shape index (κ3) is 28.1. The second kappa shape index (κ2) is 24.7. The molecular weight excluding hydrogens is 414 g/mol. The minimum absolute atomic E-state index is 0. The lowest BCUT2D eigenvalue weighted by molar-refractivity contribution is -0.870. The Labute approximate surface area is 200 Å². The van der Waals surface area contributed by atoms with Crippen molar-refractivity contribution in [2.75, 3.05) is 74.4 Å². The summed E-state index contributed by atoms with van der Waals surface area (Å²) in [6.45, 7) is 7.29. The Kier molecular flexibility index (Phi) is 26.5. The Balaban J connectivity index is 0. The van der Waals surface area contributed by atoms with Crippen LogP contribution < -0.4 is 12.4 Å². The van der Waals surface area contributed by atoms with Gasteiger partial charge in [0.25, 0.3) is 0 Å². The Morgan fingerprint density at radius 3 is 1.52 bits per heavy atom. The van der Waals surface area contributed by atoms with Gasteiger partial charge in [0.2, 0.25) is 0 Å². The van der Waals surface area contributed by atoms with Crippen LogP contribution in [-0.4, -0.2) is 85.0 Å². The van der Waals surface area contributed by atoms with Gasteiger partial charge >= 0.3 is 0 Å². The molecule has 0 rings (SSSR count). The van der Waals surface area contributed by atoms with Crippen molar-refractivity contribution < 1.29 is 35.8 Å². The predicted octanol–water partition coefficient (Wildman–Crippen LogP) is 2.46. The maximum absolute atomic E-state index is 5.77. The quantitative estimate of drug-likeness (QED) is 0.161. The van der Waals surface area contributed by atoms with Gasteiger partial charge in [0, 0.05) is 13.7 Å². The molecule has 1 unspecified atom stereocenters. The van der Waals surface area contributed by atoms with E-state index in [1.165, 1.54) is 70.6 Å². The maximum atomic E-state index is 5.77. The van der Waals surface area contributed by atoms with E-state index in [-0.39, 0.29) is 18.5 Å². The molecule has 31 heavy (non-hydrogen) atoms. The van der Waals surface area contributed by atoms with Crippen LogP contribution in [0.15, 0.2) is 0 Å². The summed E-state index contributed by atoms with van der Waals surface area (Å²) in [7, 11) is 8.22. The number of likely N-dealkylation sites (N-methyl/N-ethyl adjacent to an activating group) is 1. The van der Waals surface area contributed by atoms with Crippen LogP contribution in [0.5, 0.6) is 0 Å². The van der Waals surface area contributed by atoms with E-state index >= 15 is 0 Å². The Morgan fingerprint density at radius 2 is 1.03 bits per heavy atom. The van der Waals surface area contributed by atoms with Gasteiger partial charge in [-0.3, -0.25) is 0 Å². The number of nitrogens with zero attached hydrogens (tertiary/aromatic N) is 1. The normalized spacial score (nSPS) is 12.7. The smallest absolute Gasteiger partial charge is 0.104 e. The van der Waals surface area contributed by atoms with Gasteiger partial charge in [-0.15, -0.1) is 0 Å². The second-order valence-corrected chi connectivity index (χ2v) is 9.52. The van der Waals surface area contributed by atoms with Crippen LogP contribution in [0.25, 0.3) is 0 Å². The van der Waals surface area contributed by atoms with Crippen molar-refractivity contribution >= 4 is 0 Å². The van der Waals surface area contributed by atoms with Crippen LogP contribution in [-0.2, 0) is 18.9 Å². The molecule has 0 saturated heterocycles. The highest BCUT2D eigenvalue weighted by Crippen LogP contribution is 2.12. The van der Waals surface area contributed by atoms with E-state index in [1.807, 2.05) is 0 Å². The van der Waals surface area contributed by atoms with Crippen molar-refractivity contribution in [3.05, 3.63) is 0 Å². The van der Waals surface area contributed by atoms with Gasteiger partial charge in [0.05, 0.1) is 54.2 Å². The SMILES string of the molecule is CCCCCCCCCCCCCCOCC(COCCOCC[N+](C)(C)C)OC.[Cl-]. The molecule has 0 aliphatic rings. The van der Waals surface area contributed by atoms with Crippen molar-refractivity contribution in [2.24, 2.45) is 0 Å². The largest absolute Gasteiger partial charge is 1.00 e. The summed E-state index contributed by atoms with van der Waals surface area (Å²) in [6, 6.07) is 0. The first-order valence-electron chi connectivity index (χ1n) is 12.6. The summed E-state index contributed by atoms with van der Waals surface area (Å²) >= 11 is 0. The highest BCUT2D eigenvalue weighted by molar-refractivity contribution is 4.55. The molecule has 0 N–H and O–H groups in total. The molecule has 0 radical (unpaired) electrons. The third-order valence-corrected chi connectivity index (χ3v) is 5.36. The minimum atomic E-state index is 0. The summed E-state index contributed by atoms with van der Waals surface area (Å²) in [5.41, 5.74) is 0. The fourth-order valence-electron chi connectivity index (χ4n) is 3.22. The topological polar surface area (TPSA) is 36.9 Å². The van der Waals surface area contributed by atoms with Gasteiger partial charge < -0.3 is 35.8 Å². The van der Waals surface area contributed by atoms with Gasteiger partial charge in [-0.25, -0.2) is 0 Å². The standard InChI is InChI=1S/C25H54NO4.ClH/c1-6-7-8-9-10-11-12-13-14-15-16-17-19-29-23-25(27-5)24-30-22-21-28-20-18-26(2,3)4;/h25H,6-24H2,1-5H3;1H/q+1;/p-1. The molecule has 0 fully saturated rings. The lowest BCUT2D eigenvalue weighted by Gasteiger charge is -2.23. The molecule has 0 spiro atoms. The van der Waals surface area contributed by atoms with E-state index in [9.17, 15) is 0 Å². The molecule has 1 atom stereocenters. The molecule has 0 amide bonds. The van der Waals surface area contributed by atoms with Crippen LogP contribution in [0.2, 0.25) is 0 Å². The molecule has 0 aromatic carbocycles. The van der Waals surface area contributed by atoms with Crippen LogP contribution in [0.4, 0.5) is 0 Å². The summed E-state index contributed by atoms with van der Waals surface area (Å²) < 4.78 is 23.4. The zero-order valence-electron chi connectivity index (χ0n) is 21.5. The van der Waals surface area contributed by atoms with Crippen LogP contribution in [0, 0.1) is 0 Å². The maximum Gasteiger partial charge on any atom is 0.104 e. The Morgan fingerprint density at radius 1 is 0.581 bits per heavy atom. The van der Waals surface area contributed by atoms with Crippen molar-refractivity contribution in [3.63, 3.8) is 0 Å². The number of hydrogen-bond donors (Lipinski definition) is 0. The minimum Gasteiger partial charge on any atom is -1.00 e. The molecule has 5 nitrogen and oxygen atoms in total. The van der Waals surface area contributed by atoms with Crippen molar-refractivity contribution in [1.82, 2.24) is 0 Å². The molecule has 0 aliphatic heterocycles. The van der Waals surface area contributed by atoms with Gasteiger partial charge in [-0.1, -0.05) is 77.6 Å². The highest BCUT2D eigenvalue weighted by atomic mass is 35.5. The van der Waals surface area contributed by atoms with Gasteiger partial charge in [-0.2, -0.15) is 0 Å². The molecule has 0 aliphatic carbocycles. The van der Waals surface area contributed by atoms with Crippen molar-refractivity contribution in [1.29, 1.82) is 0 Å². The van der Waals surface area contributed by atoms with Crippen LogP contribution in [0.3, 0.4) is 0 Å². The number of quaternary nitrogens is 1. The zero-order valence-corrected chi connectivity index (χ0v) is 22.2. The van der Waals surface area contributed by atoms with Crippen LogP contribution >= 0.6 is 0 Å². The van der Waals surface area contributed by atoms with Crippen molar-refractivity contribution in [3.8, 4) is 0 Å². The Hall–Kier alpha value is 0.0900. The number of hydrogen-bond acceptors (Lipinski definition) is 4. The summed E-state index contributed by atoms with van der Waals surface area (Å²) in [4.78, 5) is 0. The number of ether oxygens (including phenoxy) is 4. The number of halogens is 1. The fraction of sp³-hybridized carbons (Fsp3) is 1.00. The summed E-state index contributed by atoms with van der Waals surface area (Å²) in [6.07, 6.45) is 16.4. The number of unbranched alkanes of at least 4 members (excludes halogenated alkanes) is 11. The second-order valence-electron chi connectivity index (χ2n) is 9.52. The third-order valence-electron chi connectivity index (χ3n) is 5.36. The zero-order chi connectivity index (χ0) is 22.3. The molecular formula is C25H54ClNO4. The molecule has 6 heteroatoms. The first-order chi connectivity index (χ1) is 14.5. The first-order valence-corrected chi connectivity index (χ1v) is 12.6. The average molecular weight is 468 g/mol. The van der Waals surface area contributed by atoms with E-state index in [1.54, 1.807) is 7.11 Å². The van der Waals surface area contributed by atoms with E-state index in [0.717, 1.165) is 30.7 Å². The van der Waals surface area contributed by atoms with E-state index in [0.29, 0.717) is 26.4 Å². The van der Waals surface area contributed by atoms with Crippen LogP contribution in [0.1, 0.15) is 84.0 Å². The molecule has 0 aromatic rings. The average Bonchev–Trinajstić information content (AvgIpc) is 2.70. The molecule has 0 heterocycles. The lowest BCUT2D eigenvalue weighted by Crippen LogP contribution is -3.00. The highest BCUT2D eigenvalue weighted by Gasteiger charge is 2.08. The first kappa shape index (κ1) is 33.3. The monoisotopic (exact) mass is 467 g/mol. The lowest BCUT2D eigenvalue weighted by atomic mass is 10.1. The van der Waals surface area contributed by atoms with E-state index < -0.39 is 0 Å². The molecule has 0 bridgehead atoms. The van der Waals surface area contributed by atoms with Gasteiger partial charge in [-0.05, 0) is 6.42 Å². The summed E-state index contributed by atoms with van der Waals surface area (Å²) in [5, 5.41) is 0.